The summed E-state index contributed by atoms with van der Waals surface area (Å²) >= 11 is 0. The molecule has 0 radical (unpaired) electrons. The topological polar surface area (TPSA) is 12.5 Å². The predicted molar refractivity (Wildman–Crippen MR) is 62.1 cm³/mol. The summed E-state index contributed by atoms with van der Waals surface area (Å²) < 4.78 is 5.96. The highest BCUT2D eigenvalue weighted by molar-refractivity contribution is 7.67. The van der Waals surface area contributed by atoms with Gasteiger partial charge in [-0.05, 0) is 40.3 Å². The van der Waals surface area contributed by atoms with Crippen LogP contribution >= 0.6 is 7.11 Å². The van der Waals surface area contributed by atoms with E-state index < -0.39 is 7.11 Å². The van der Waals surface area contributed by atoms with Crippen LogP contribution in [-0.2, 0) is 4.52 Å². The molecule has 0 spiro atoms. The van der Waals surface area contributed by atoms with Gasteiger partial charge in [0.2, 0.25) is 0 Å². The van der Waals surface area contributed by atoms with Gasteiger partial charge >= 0.3 is 0 Å². The molecule has 0 aromatic carbocycles. The van der Waals surface area contributed by atoms with E-state index in [0.29, 0.717) is 6.10 Å². The van der Waals surface area contributed by atoms with E-state index in [0.717, 1.165) is 12.6 Å². The zero-order valence-electron chi connectivity index (χ0n) is 9.29. The molecule has 1 aliphatic rings. The van der Waals surface area contributed by atoms with Gasteiger partial charge in [0, 0.05) is 12.6 Å². The van der Waals surface area contributed by atoms with Crippen molar-refractivity contribution in [3.8, 4) is 0 Å². The molecule has 0 saturated carbocycles. The first-order valence-electron chi connectivity index (χ1n) is 4.99. The van der Waals surface area contributed by atoms with Gasteiger partial charge in [0.05, 0.1) is 6.10 Å². The summed E-state index contributed by atoms with van der Waals surface area (Å²) in [7, 11) is 0.881. The van der Waals surface area contributed by atoms with Crippen LogP contribution in [0.15, 0.2) is 0 Å². The van der Waals surface area contributed by atoms with Crippen LogP contribution in [0.25, 0.3) is 0 Å². The van der Waals surface area contributed by atoms with Crippen LogP contribution in [0, 0.1) is 0 Å². The normalized spacial score (nSPS) is 31.1. The first kappa shape index (κ1) is 11.3. The fourth-order valence-corrected chi connectivity index (χ4v) is 2.95. The molecule has 13 heavy (non-hydrogen) atoms. The van der Waals surface area contributed by atoms with Gasteiger partial charge in [-0.1, -0.05) is 13.2 Å². The lowest BCUT2D eigenvalue weighted by atomic mass is 10.1. The zero-order chi connectivity index (χ0) is 10.1. The van der Waals surface area contributed by atoms with Gasteiger partial charge in [0.15, 0.2) is 0 Å². The van der Waals surface area contributed by atoms with Crippen LogP contribution in [0.3, 0.4) is 0 Å². The first-order valence-corrected chi connectivity index (χ1v) is 7.78. The molecule has 1 heterocycles. The second-order valence-corrected chi connectivity index (χ2v) is 7.90. The fourth-order valence-electron chi connectivity index (χ4n) is 1.99. The minimum absolute atomic E-state index is 0.427. The molecule has 2 nitrogen and oxygen atoms in total. The van der Waals surface area contributed by atoms with Crippen molar-refractivity contribution in [2.24, 2.45) is 0 Å². The standard InChI is InChI=1S/C10H22NOP/c1-6-9-7-10(8-11(9)2)12-13(3,4)5/h9-10H,3,6-8H2,1-2,4-5H3. The number of nitrogens with zero attached hydrogens (tertiary/aromatic N) is 1. The molecule has 2 atom stereocenters. The Bertz CT molecular complexity index is 211. The highest BCUT2D eigenvalue weighted by Gasteiger charge is 2.29. The zero-order valence-corrected chi connectivity index (χ0v) is 10.2. The summed E-state index contributed by atoms with van der Waals surface area (Å²) in [5.41, 5.74) is 0. The maximum Gasteiger partial charge on any atom is 0.0757 e. The van der Waals surface area contributed by atoms with E-state index in [4.69, 9.17) is 4.52 Å². The van der Waals surface area contributed by atoms with Crippen LogP contribution in [0.2, 0.25) is 0 Å². The summed E-state index contributed by atoms with van der Waals surface area (Å²) in [6.07, 6.45) is 6.92. The van der Waals surface area contributed by atoms with E-state index in [9.17, 15) is 0 Å². The molecule has 3 heteroatoms. The van der Waals surface area contributed by atoms with E-state index in [1.807, 2.05) is 0 Å². The van der Waals surface area contributed by atoms with Crippen LogP contribution in [-0.4, -0.2) is 50.3 Å². The molecule has 78 valence electrons. The van der Waals surface area contributed by atoms with Crippen molar-refractivity contribution < 1.29 is 4.52 Å². The van der Waals surface area contributed by atoms with Crippen LogP contribution in [0.4, 0.5) is 0 Å². The summed E-state index contributed by atoms with van der Waals surface area (Å²) in [6, 6.07) is 0.719. The minimum atomic E-state index is -1.31. The second-order valence-electron chi connectivity index (χ2n) is 4.54. The van der Waals surface area contributed by atoms with Crippen molar-refractivity contribution in [3.05, 3.63) is 0 Å². The molecule has 0 aromatic rings. The highest BCUT2D eigenvalue weighted by atomic mass is 31.2. The third-order valence-electron chi connectivity index (χ3n) is 2.56. The average Bonchev–Trinajstić information content (AvgIpc) is 2.26. The van der Waals surface area contributed by atoms with E-state index in [1.54, 1.807) is 0 Å². The Morgan fingerprint density at radius 2 is 2.15 bits per heavy atom. The number of hydrogen-bond acceptors (Lipinski definition) is 2. The van der Waals surface area contributed by atoms with Gasteiger partial charge in [-0.3, -0.25) is 0 Å². The van der Waals surface area contributed by atoms with Gasteiger partial charge in [-0.25, -0.2) is 0 Å². The number of likely N-dealkylation sites (N-methyl/N-ethyl adjacent to an activating group) is 1. The van der Waals surface area contributed by atoms with E-state index >= 15 is 0 Å². The Hall–Kier alpha value is 0.220. The Balaban J connectivity index is 2.45. The van der Waals surface area contributed by atoms with Gasteiger partial charge in [0.1, 0.15) is 0 Å². The van der Waals surface area contributed by atoms with E-state index in [2.05, 4.69) is 38.5 Å². The minimum Gasteiger partial charge on any atom is -0.358 e. The fraction of sp³-hybridized carbons (Fsp3) is 0.900. The molecule has 0 bridgehead atoms. The van der Waals surface area contributed by atoms with Crippen molar-refractivity contribution in [1.29, 1.82) is 0 Å². The lowest BCUT2D eigenvalue weighted by Gasteiger charge is -2.19. The van der Waals surface area contributed by atoms with Crippen molar-refractivity contribution in [1.82, 2.24) is 4.90 Å². The van der Waals surface area contributed by atoms with Crippen molar-refractivity contribution in [2.45, 2.75) is 31.9 Å². The highest BCUT2D eigenvalue weighted by Crippen LogP contribution is 2.41. The molecular weight excluding hydrogens is 181 g/mol. The van der Waals surface area contributed by atoms with Crippen LogP contribution in [0.1, 0.15) is 19.8 Å². The third kappa shape index (κ3) is 3.46. The molecule has 2 unspecified atom stereocenters. The Morgan fingerprint density at radius 3 is 2.54 bits per heavy atom. The molecule has 1 fully saturated rings. The molecule has 0 aliphatic carbocycles. The molecule has 1 rings (SSSR count). The smallest absolute Gasteiger partial charge is 0.0757 e. The average molecular weight is 203 g/mol. The lowest BCUT2D eigenvalue weighted by Crippen LogP contribution is -2.24. The first-order chi connectivity index (χ1) is 5.92. The van der Waals surface area contributed by atoms with Crippen molar-refractivity contribution >= 4 is 13.4 Å². The van der Waals surface area contributed by atoms with E-state index in [1.165, 1.54) is 12.8 Å². The second kappa shape index (κ2) is 4.16. The van der Waals surface area contributed by atoms with Gasteiger partial charge in [-0.15, -0.1) is 0 Å². The molecular formula is C10H22NOP. The Morgan fingerprint density at radius 1 is 1.54 bits per heavy atom. The Kier molecular flexibility index (Phi) is 3.62. The summed E-state index contributed by atoms with van der Waals surface area (Å²) in [5, 5.41) is 0. The third-order valence-corrected chi connectivity index (χ3v) is 3.42. The van der Waals surface area contributed by atoms with Crippen LogP contribution in [0.5, 0.6) is 0 Å². The van der Waals surface area contributed by atoms with Crippen molar-refractivity contribution in [3.63, 3.8) is 0 Å². The maximum atomic E-state index is 5.96. The quantitative estimate of drug-likeness (QED) is 0.651. The molecule has 1 saturated heterocycles. The lowest BCUT2D eigenvalue weighted by molar-refractivity contribution is 0.231. The summed E-state index contributed by atoms with van der Waals surface area (Å²) in [4.78, 5) is 2.40. The summed E-state index contributed by atoms with van der Waals surface area (Å²) in [5.74, 6) is 0. The molecule has 1 aliphatic heterocycles. The largest absolute Gasteiger partial charge is 0.358 e. The maximum absolute atomic E-state index is 5.96. The Labute approximate surface area is 82.3 Å². The van der Waals surface area contributed by atoms with Gasteiger partial charge < -0.3 is 9.42 Å². The molecule has 0 aromatic heterocycles. The number of rotatable bonds is 3. The SMILES string of the molecule is C=P(C)(C)OC1CC(CC)N(C)C1. The van der Waals surface area contributed by atoms with Crippen molar-refractivity contribution in [2.75, 3.05) is 26.9 Å². The van der Waals surface area contributed by atoms with Gasteiger partial charge in [0.25, 0.3) is 0 Å². The molecule has 0 N–H and O–H groups in total. The van der Waals surface area contributed by atoms with Crippen LogP contribution < -0.4 is 0 Å². The predicted octanol–water partition coefficient (Wildman–Crippen LogP) is 2.11. The number of likely N-dealkylation sites (tertiary alicyclic amines) is 1. The van der Waals surface area contributed by atoms with Gasteiger partial charge in [-0.2, -0.15) is 0 Å². The number of hydrogen-bond donors (Lipinski definition) is 0. The summed E-state index contributed by atoms with van der Waals surface area (Å²) in [6.45, 7) is 7.59. The molecule has 0 amide bonds. The monoisotopic (exact) mass is 203 g/mol. The van der Waals surface area contributed by atoms with E-state index in [-0.39, 0.29) is 0 Å².